The number of nitrogens with one attached hydrogen (secondary N) is 2. The van der Waals surface area contributed by atoms with Crippen molar-refractivity contribution in [2.45, 2.75) is 32.2 Å². The summed E-state index contributed by atoms with van der Waals surface area (Å²) in [5.74, 6) is 0.569. The third-order valence-electron chi connectivity index (χ3n) is 5.53. The molecule has 0 spiro atoms. The average Bonchev–Trinajstić information content (AvgIpc) is 2.83. The molecule has 0 saturated heterocycles. The van der Waals surface area contributed by atoms with E-state index in [9.17, 15) is 14.4 Å². The lowest BCUT2D eigenvalue weighted by atomic mass is 9.88. The normalized spacial score (nSPS) is 14.5. The molecule has 0 saturated carbocycles. The van der Waals surface area contributed by atoms with Crippen molar-refractivity contribution in [3.8, 4) is 17.2 Å². The summed E-state index contributed by atoms with van der Waals surface area (Å²) in [5, 5.41) is 5.62. The van der Waals surface area contributed by atoms with Crippen molar-refractivity contribution in [2.75, 3.05) is 7.05 Å². The molecule has 2 amide bonds. The van der Waals surface area contributed by atoms with Gasteiger partial charge in [-0.1, -0.05) is 12.1 Å². The molecule has 1 atom stereocenters. The lowest BCUT2D eigenvalue weighted by Crippen LogP contribution is -2.38. The standard InChI is InChI=1S/C26H25N3O5/c1-16(30)33-21-5-3-4-18(13-21)25(31)29-20-8-6-17-7-9-22(14-19(17)12-20)34-23-10-11-28-24(15-23)26(32)27-2/h3-5,7,9-11,13-15,20H,6,8,12H2,1-2H3,(H,27,32)(H,29,31). The summed E-state index contributed by atoms with van der Waals surface area (Å²) in [6.07, 6.45) is 3.86. The van der Waals surface area contributed by atoms with Gasteiger partial charge in [0.25, 0.3) is 11.8 Å². The van der Waals surface area contributed by atoms with Gasteiger partial charge in [0.1, 0.15) is 22.9 Å². The van der Waals surface area contributed by atoms with E-state index in [4.69, 9.17) is 9.47 Å². The number of aromatic nitrogens is 1. The summed E-state index contributed by atoms with van der Waals surface area (Å²) < 4.78 is 11.0. The van der Waals surface area contributed by atoms with E-state index in [2.05, 4.69) is 15.6 Å². The number of hydrogen-bond donors (Lipinski definition) is 2. The van der Waals surface area contributed by atoms with Crippen molar-refractivity contribution in [1.29, 1.82) is 0 Å². The van der Waals surface area contributed by atoms with Crippen LogP contribution < -0.4 is 20.1 Å². The monoisotopic (exact) mass is 459 g/mol. The third kappa shape index (κ3) is 5.58. The molecule has 0 aliphatic heterocycles. The van der Waals surface area contributed by atoms with E-state index in [1.165, 1.54) is 18.7 Å². The van der Waals surface area contributed by atoms with Gasteiger partial charge in [0.05, 0.1) is 0 Å². The highest BCUT2D eigenvalue weighted by molar-refractivity contribution is 5.95. The number of esters is 1. The molecule has 0 radical (unpaired) electrons. The molecular weight excluding hydrogens is 434 g/mol. The van der Waals surface area contributed by atoms with Gasteiger partial charge in [0.15, 0.2) is 0 Å². The van der Waals surface area contributed by atoms with Gasteiger partial charge >= 0.3 is 5.97 Å². The molecule has 8 heteroatoms. The fourth-order valence-corrected chi connectivity index (χ4v) is 3.92. The van der Waals surface area contributed by atoms with Gasteiger partial charge in [-0.05, 0) is 66.8 Å². The van der Waals surface area contributed by atoms with Crippen LogP contribution in [0.2, 0.25) is 0 Å². The van der Waals surface area contributed by atoms with Crippen LogP contribution >= 0.6 is 0 Å². The summed E-state index contributed by atoms with van der Waals surface area (Å²) in [4.78, 5) is 39.8. The number of amides is 2. The molecule has 1 aromatic heterocycles. The number of hydrogen-bond acceptors (Lipinski definition) is 6. The highest BCUT2D eigenvalue weighted by Crippen LogP contribution is 2.29. The molecule has 174 valence electrons. The van der Waals surface area contributed by atoms with Crippen molar-refractivity contribution in [1.82, 2.24) is 15.6 Å². The van der Waals surface area contributed by atoms with Gasteiger partial charge in [-0.2, -0.15) is 0 Å². The van der Waals surface area contributed by atoms with Gasteiger partial charge in [-0.25, -0.2) is 0 Å². The molecule has 0 fully saturated rings. The Morgan fingerprint density at radius 1 is 0.941 bits per heavy atom. The van der Waals surface area contributed by atoms with Crippen LogP contribution in [-0.2, 0) is 17.6 Å². The summed E-state index contributed by atoms with van der Waals surface area (Å²) in [5.41, 5.74) is 3.03. The van der Waals surface area contributed by atoms with Crippen LogP contribution in [0, 0.1) is 0 Å². The maximum absolute atomic E-state index is 12.8. The predicted molar refractivity (Wildman–Crippen MR) is 125 cm³/mol. The van der Waals surface area contributed by atoms with Gasteiger partial charge in [-0.15, -0.1) is 0 Å². The maximum Gasteiger partial charge on any atom is 0.308 e. The second-order valence-corrected chi connectivity index (χ2v) is 8.02. The molecule has 2 N–H and O–H groups in total. The van der Waals surface area contributed by atoms with Crippen LogP contribution in [0.25, 0.3) is 0 Å². The number of carbonyl (C=O) groups is 3. The average molecular weight is 460 g/mol. The number of ether oxygens (including phenoxy) is 2. The van der Waals surface area contributed by atoms with Gasteiger partial charge in [0, 0.05) is 37.8 Å². The lowest BCUT2D eigenvalue weighted by molar-refractivity contribution is -0.131. The maximum atomic E-state index is 12.8. The number of pyridine rings is 1. The zero-order valence-electron chi connectivity index (χ0n) is 19.0. The smallest absolute Gasteiger partial charge is 0.308 e. The Kier molecular flexibility index (Phi) is 6.87. The number of benzene rings is 2. The second kappa shape index (κ2) is 10.2. The topological polar surface area (TPSA) is 107 Å². The molecule has 2 aromatic carbocycles. The molecular formula is C26H25N3O5. The third-order valence-corrected chi connectivity index (χ3v) is 5.53. The van der Waals surface area contributed by atoms with Crippen molar-refractivity contribution >= 4 is 17.8 Å². The van der Waals surface area contributed by atoms with E-state index in [0.717, 1.165) is 18.4 Å². The van der Waals surface area contributed by atoms with Gasteiger partial charge in [-0.3, -0.25) is 19.4 Å². The number of rotatable bonds is 6. The first-order valence-electron chi connectivity index (χ1n) is 11.0. The summed E-state index contributed by atoms with van der Waals surface area (Å²) >= 11 is 0. The fourth-order valence-electron chi connectivity index (χ4n) is 3.92. The van der Waals surface area contributed by atoms with E-state index >= 15 is 0 Å². The zero-order valence-corrected chi connectivity index (χ0v) is 19.0. The van der Waals surface area contributed by atoms with Crippen LogP contribution in [0.3, 0.4) is 0 Å². The molecule has 4 rings (SSSR count). The molecule has 3 aromatic rings. The minimum atomic E-state index is -0.434. The Morgan fingerprint density at radius 2 is 1.76 bits per heavy atom. The Labute approximate surface area is 197 Å². The summed E-state index contributed by atoms with van der Waals surface area (Å²) in [6, 6.07) is 15.7. The minimum Gasteiger partial charge on any atom is -0.457 e. The molecule has 34 heavy (non-hydrogen) atoms. The number of fused-ring (bicyclic) bond motifs is 1. The van der Waals surface area contributed by atoms with Crippen LogP contribution in [0.5, 0.6) is 17.2 Å². The van der Waals surface area contributed by atoms with E-state index < -0.39 is 5.97 Å². The second-order valence-electron chi connectivity index (χ2n) is 8.02. The Hall–Kier alpha value is -4.20. The first kappa shape index (κ1) is 23.0. The minimum absolute atomic E-state index is 0.0339. The largest absolute Gasteiger partial charge is 0.457 e. The van der Waals surface area contributed by atoms with Crippen molar-refractivity contribution in [3.63, 3.8) is 0 Å². The highest BCUT2D eigenvalue weighted by atomic mass is 16.5. The molecule has 8 nitrogen and oxygen atoms in total. The first-order valence-corrected chi connectivity index (χ1v) is 11.0. The van der Waals surface area contributed by atoms with Gasteiger partial charge in [0.2, 0.25) is 0 Å². The van der Waals surface area contributed by atoms with Crippen molar-refractivity contribution < 1.29 is 23.9 Å². The summed E-state index contributed by atoms with van der Waals surface area (Å²) in [7, 11) is 1.55. The number of aryl methyl sites for hydroxylation is 1. The van der Waals surface area contributed by atoms with Crippen molar-refractivity contribution in [2.24, 2.45) is 0 Å². The van der Waals surface area contributed by atoms with Crippen molar-refractivity contribution in [3.05, 3.63) is 83.2 Å². The predicted octanol–water partition coefficient (Wildman–Crippen LogP) is 3.45. The van der Waals surface area contributed by atoms with E-state index in [1.807, 2.05) is 18.2 Å². The summed E-state index contributed by atoms with van der Waals surface area (Å²) in [6.45, 7) is 1.32. The number of carbonyl (C=O) groups excluding carboxylic acids is 3. The Bertz CT molecular complexity index is 1240. The van der Waals surface area contributed by atoms with E-state index in [1.54, 1.807) is 43.4 Å². The van der Waals surface area contributed by atoms with E-state index in [-0.39, 0.29) is 23.6 Å². The molecule has 1 unspecified atom stereocenters. The number of nitrogens with zero attached hydrogens (tertiary/aromatic N) is 1. The molecule has 1 aliphatic rings. The molecule has 0 bridgehead atoms. The Balaban J connectivity index is 1.43. The van der Waals surface area contributed by atoms with Crippen LogP contribution in [0.1, 0.15) is 45.3 Å². The van der Waals surface area contributed by atoms with Crippen LogP contribution in [0.4, 0.5) is 0 Å². The van der Waals surface area contributed by atoms with Gasteiger partial charge < -0.3 is 20.1 Å². The van der Waals surface area contributed by atoms with E-state index in [0.29, 0.717) is 29.2 Å². The Morgan fingerprint density at radius 3 is 2.56 bits per heavy atom. The molecule has 1 aliphatic carbocycles. The first-order chi connectivity index (χ1) is 16.4. The fraction of sp³-hybridized carbons (Fsp3) is 0.231. The molecule has 1 heterocycles. The zero-order chi connectivity index (χ0) is 24.1. The van der Waals surface area contributed by atoms with Crippen LogP contribution in [-0.4, -0.2) is 35.9 Å². The van der Waals surface area contributed by atoms with Crippen LogP contribution in [0.15, 0.2) is 60.8 Å². The lowest BCUT2D eigenvalue weighted by Gasteiger charge is -2.26. The highest BCUT2D eigenvalue weighted by Gasteiger charge is 2.22. The SMILES string of the molecule is CNC(=O)c1cc(Oc2ccc3c(c2)CC(NC(=O)c2cccc(OC(C)=O)c2)CC3)ccn1. The quantitative estimate of drug-likeness (QED) is 0.432.